The Morgan fingerprint density at radius 2 is 2.47 bits per heavy atom. The fourth-order valence-corrected chi connectivity index (χ4v) is 2.24. The predicted octanol–water partition coefficient (Wildman–Crippen LogP) is 2.18. The van der Waals surface area contributed by atoms with Gasteiger partial charge in [0.05, 0.1) is 5.01 Å². The first-order chi connectivity index (χ1) is 7.15. The second-order valence-corrected chi connectivity index (χ2v) is 4.70. The number of rotatable bonds is 6. The fraction of sp³-hybridized carbons (Fsp3) is 0.545. The second kappa shape index (κ2) is 6.00. The molecule has 1 aromatic rings. The second-order valence-electron chi connectivity index (χ2n) is 3.76. The number of nitrogens with zero attached hydrogens (tertiary/aromatic N) is 1. The summed E-state index contributed by atoms with van der Waals surface area (Å²) < 4.78 is 0. The molecule has 0 saturated heterocycles. The van der Waals surface area contributed by atoms with Crippen LogP contribution in [-0.2, 0) is 6.42 Å². The van der Waals surface area contributed by atoms with Crippen molar-refractivity contribution in [2.24, 2.45) is 5.84 Å². The van der Waals surface area contributed by atoms with Gasteiger partial charge in [0.25, 0.3) is 0 Å². The third-order valence-corrected chi connectivity index (χ3v) is 3.35. The number of hydrogen-bond donors (Lipinski definition) is 2. The molecule has 0 aliphatic carbocycles. The van der Waals surface area contributed by atoms with E-state index in [-0.39, 0.29) is 6.04 Å². The Kier molecular flexibility index (Phi) is 4.94. The summed E-state index contributed by atoms with van der Waals surface area (Å²) in [6, 6.07) is 0.253. The molecule has 0 spiro atoms. The van der Waals surface area contributed by atoms with Gasteiger partial charge < -0.3 is 0 Å². The average Bonchev–Trinajstić information content (AvgIpc) is 2.62. The van der Waals surface area contributed by atoms with Gasteiger partial charge in [0.15, 0.2) is 0 Å². The summed E-state index contributed by atoms with van der Waals surface area (Å²) in [5.74, 6) is 5.52. The van der Waals surface area contributed by atoms with Crippen molar-refractivity contribution in [2.75, 3.05) is 0 Å². The van der Waals surface area contributed by atoms with Gasteiger partial charge >= 0.3 is 0 Å². The third kappa shape index (κ3) is 4.11. The molecule has 1 atom stereocenters. The highest BCUT2D eigenvalue weighted by Gasteiger charge is 2.10. The number of aromatic nitrogens is 1. The lowest BCUT2D eigenvalue weighted by atomic mass is 10.0. The quantitative estimate of drug-likeness (QED) is 0.443. The van der Waals surface area contributed by atoms with Crippen molar-refractivity contribution in [3.8, 4) is 0 Å². The van der Waals surface area contributed by atoms with Crippen LogP contribution >= 0.6 is 11.3 Å². The lowest BCUT2D eigenvalue weighted by molar-refractivity contribution is 0.515. The van der Waals surface area contributed by atoms with Gasteiger partial charge in [-0.15, -0.1) is 11.3 Å². The van der Waals surface area contributed by atoms with Crippen LogP contribution in [0.3, 0.4) is 0 Å². The molecule has 0 aliphatic rings. The largest absolute Gasteiger partial charge is 0.271 e. The summed E-state index contributed by atoms with van der Waals surface area (Å²) in [5.41, 5.74) is 5.14. The molecule has 0 fully saturated rings. The van der Waals surface area contributed by atoms with Crippen molar-refractivity contribution in [3.05, 3.63) is 28.2 Å². The number of thiazole rings is 1. The zero-order valence-electron chi connectivity index (χ0n) is 9.42. The Hall–Kier alpha value is -0.710. The molecule has 0 radical (unpaired) electrons. The summed E-state index contributed by atoms with van der Waals surface area (Å²) in [5, 5.41) is 3.21. The van der Waals surface area contributed by atoms with Gasteiger partial charge in [-0.1, -0.05) is 19.1 Å². The molecule has 15 heavy (non-hydrogen) atoms. The van der Waals surface area contributed by atoms with E-state index in [4.69, 9.17) is 5.84 Å². The van der Waals surface area contributed by atoms with Crippen LogP contribution in [0, 0.1) is 6.92 Å². The van der Waals surface area contributed by atoms with Crippen molar-refractivity contribution >= 4 is 11.3 Å². The van der Waals surface area contributed by atoms with Gasteiger partial charge in [-0.2, -0.15) is 0 Å². The van der Waals surface area contributed by atoms with Crippen LogP contribution in [0.1, 0.15) is 30.5 Å². The van der Waals surface area contributed by atoms with Crippen molar-refractivity contribution in [2.45, 2.75) is 39.2 Å². The lowest BCUT2D eigenvalue weighted by Crippen LogP contribution is -2.37. The van der Waals surface area contributed by atoms with Crippen molar-refractivity contribution in [3.63, 3.8) is 0 Å². The van der Waals surface area contributed by atoms with Gasteiger partial charge in [0, 0.05) is 23.5 Å². The van der Waals surface area contributed by atoms with Gasteiger partial charge in [-0.25, -0.2) is 4.98 Å². The topological polar surface area (TPSA) is 50.9 Å². The molecular weight excluding hydrogens is 206 g/mol. The van der Waals surface area contributed by atoms with Crippen molar-refractivity contribution in [1.29, 1.82) is 0 Å². The van der Waals surface area contributed by atoms with E-state index >= 15 is 0 Å². The molecule has 1 heterocycles. The molecule has 0 saturated carbocycles. The zero-order valence-corrected chi connectivity index (χ0v) is 10.2. The normalized spacial score (nSPS) is 12.7. The summed E-state index contributed by atoms with van der Waals surface area (Å²) in [4.78, 5) is 4.42. The van der Waals surface area contributed by atoms with Gasteiger partial charge in [-0.3, -0.25) is 11.3 Å². The molecule has 0 aromatic carbocycles. The monoisotopic (exact) mass is 225 g/mol. The minimum Gasteiger partial charge on any atom is -0.271 e. The van der Waals surface area contributed by atoms with Crippen LogP contribution in [0.25, 0.3) is 0 Å². The molecule has 3 N–H and O–H groups in total. The maximum absolute atomic E-state index is 5.52. The number of hydrogen-bond acceptors (Lipinski definition) is 4. The zero-order chi connectivity index (χ0) is 11.3. The van der Waals surface area contributed by atoms with Gasteiger partial charge in [0.1, 0.15) is 0 Å². The minimum atomic E-state index is 0.253. The Balaban J connectivity index is 2.50. The van der Waals surface area contributed by atoms with E-state index in [1.165, 1.54) is 5.57 Å². The SMILES string of the molecule is C=C(CC)CC(Cc1nc(C)cs1)NN. The van der Waals surface area contributed by atoms with E-state index in [1.807, 2.05) is 6.92 Å². The van der Waals surface area contributed by atoms with Crippen LogP contribution in [0.15, 0.2) is 17.5 Å². The average molecular weight is 225 g/mol. The fourth-order valence-electron chi connectivity index (χ4n) is 1.39. The Labute approximate surface area is 95.4 Å². The molecule has 1 unspecified atom stereocenters. The highest BCUT2D eigenvalue weighted by atomic mass is 32.1. The van der Waals surface area contributed by atoms with Crippen LogP contribution in [0.2, 0.25) is 0 Å². The van der Waals surface area contributed by atoms with Gasteiger partial charge in [-0.05, 0) is 19.8 Å². The number of aryl methyl sites for hydroxylation is 1. The van der Waals surface area contributed by atoms with E-state index in [9.17, 15) is 0 Å². The number of hydrazine groups is 1. The Morgan fingerprint density at radius 3 is 2.93 bits per heavy atom. The van der Waals surface area contributed by atoms with Gasteiger partial charge in [0.2, 0.25) is 0 Å². The van der Waals surface area contributed by atoms with E-state index in [0.717, 1.165) is 30.0 Å². The van der Waals surface area contributed by atoms with Crippen LogP contribution in [0.5, 0.6) is 0 Å². The Bertz CT molecular complexity index is 319. The lowest BCUT2D eigenvalue weighted by Gasteiger charge is -2.15. The summed E-state index contributed by atoms with van der Waals surface area (Å²) in [7, 11) is 0. The minimum absolute atomic E-state index is 0.253. The molecule has 3 nitrogen and oxygen atoms in total. The highest BCUT2D eigenvalue weighted by molar-refractivity contribution is 7.09. The van der Waals surface area contributed by atoms with E-state index in [1.54, 1.807) is 11.3 Å². The highest BCUT2D eigenvalue weighted by Crippen LogP contribution is 2.15. The molecule has 1 rings (SSSR count). The van der Waals surface area contributed by atoms with Crippen LogP contribution < -0.4 is 11.3 Å². The third-order valence-electron chi connectivity index (χ3n) is 2.36. The first-order valence-corrected chi connectivity index (χ1v) is 6.07. The molecule has 0 aliphatic heterocycles. The number of nitrogens with one attached hydrogen (secondary N) is 1. The molecule has 4 heteroatoms. The number of nitrogens with two attached hydrogens (primary N) is 1. The maximum atomic E-state index is 5.52. The Morgan fingerprint density at radius 1 is 1.73 bits per heavy atom. The van der Waals surface area contributed by atoms with Crippen molar-refractivity contribution < 1.29 is 0 Å². The molecule has 0 bridgehead atoms. The summed E-state index contributed by atoms with van der Waals surface area (Å²) in [6.07, 6.45) is 2.81. The summed E-state index contributed by atoms with van der Waals surface area (Å²) in [6.45, 7) is 8.12. The summed E-state index contributed by atoms with van der Waals surface area (Å²) >= 11 is 1.69. The molecule has 0 amide bonds. The van der Waals surface area contributed by atoms with E-state index < -0.39 is 0 Å². The first kappa shape index (κ1) is 12.4. The van der Waals surface area contributed by atoms with E-state index in [0.29, 0.717) is 0 Å². The first-order valence-electron chi connectivity index (χ1n) is 5.19. The standard InChI is InChI=1S/C11H19N3S/c1-4-8(2)5-10(14-12)6-11-13-9(3)7-15-11/h7,10,14H,2,4-6,12H2,1,3H3. The van der Waals surface area contributed by atoms with Crippen molar-refractivity contribution in [1.82, 2.24) is 10.4 Å². The molecule has 1 aromatic heterocycles. The van der Waals surface area contributed by atoms with Crippen LogP contribution in [-0.4, -0.2) is 11.0 Å². The predicted molar refractivity (Wildman–Crippen MR) is 65.7 cm³/mol. The molecular formula is C11H19N3S. The smallest absolute Gasteiger partial charge is 0.0944 e. The van der Waals surface area contributed by atoms with E-state index in [2.05, 4.69) is 29.3 Å². The maximum Gasteiger partial charge on any atom is 0.0944 e. The van der Waals surface area contributed by atoms with Crippen LogP contribution in [0.4, 0.5) is 0 Å². The molecule has 84 valence electrons.